The fraction of sp³-hybridized carbons (Fsp3) is 0.160. The Kier molecular flexibility index (Phi) is 8.51. The SMILES string of the molecule is COc1cc(/C=N/NC(=O)C(=O)Nc2cc(C)ccc2C)ccc1OCc1ccc(Cl)cc1Cl. The van der Waals surface area contributed by atoms with Gasteiger partial charge in [0.25, 0.3) is 0 Å². The number of carbonyl (C=O) groups is 2. The second kappa shape index (κ2) is 11.5. The zero-order valence-electron chi connectivity index (χ0n) is 18.8. The summed E-state index contributed by atoms with van der Waals surface area (Å²) in [6, 6.07) is 15.9. The molecule has 176 valence electrons. The minimum Gasteiger partial charge on any atom is -0.493 e. The van der Waals surface area contributed by atoms with Crippen LogP contribution < -0.4 is 20.2 Å². The highest BCUT2D eigenvalue weighted by molar-refractivity contribution is 6.39. The highest BCUT2D eigenvalue weighted by Gasteiger charge is 2.14. The summed E-state index contributed by atoms with van der Waals surface area (Å²) in [7, 11) is 1.51. The molecule has 0 aliphatic heterocycles. The molecule has 0 aromatic heterocycles. The molecular formula is C25H23Cl2N3O4. The van der Waals surface area contributed by atoms with Crippen molar-refractivity contribution in [3.05, 3.63) is 86.9 Å². The van der Waals surface area contributed by atoms with Crippen molar-refractivity contribution in [1.29, 1.82) is 0 Å². The number of aryl methyl sites for hydroxylation is 2. The Hall–Kier alpha value is -3.55. The number of hydrazone groups is 1. The summed E-state index contributed by atoms with van der Waals surface area (Å²) in [5.41, 5.74) is 6.02. The number of anilines is 1. The average Bonchev–Trinajstić information content (AvgIpc) is 2.81. The van der Waals surface area contributed by atoms with Gasteiger partial charge in [0.15, 0.2) is 11.5 Å². The highest BCUT2D eigenvalue weighted by Crippen LogP contribution is 2.29. The van der Waals surface area contributed by atoms with Gasteiger partial charge >= 0.3 is 11.8 Å². The Labute approximate surface area is 207 Å². The molecule has 0 bridgehead atoms. The lowest BCUT2D eigenvalue weighted by molar-refractivity contribution is -0.136. The Morgan fingerprint density at radius 2 is 1.76 bits per heavy atom. The lowest BCUT2D eigenvalue weighted by Crippen LogP contribution is -2.32. The Morgan fingerprint density at radius 1 is 0.971 bits per heavy atom. The number of amides is 2. The van der Waals surface area contributed by atoms with Crippen molar-refractivity contribution < 1.29 is 19.1 Å². The first-order valence-corrected chi connectivity index (χ1v) is 11.0. The van der Waals surface area contributed by atoms with Crippen LogP contribution in [-0.2, 0) is 16.2 Å². The molecule has 0 spiro atoms. The van der Waals surface area contributed by atoms with Crippen LogP contribution in [-0.4, -0.2) is 25.1 Å². The Balaban J connectivity index is 1.59. The van der Waals surface area contributed by atoms with E-state index in [0.717, 1.165) is 16.7 Å². The van der Waals surface area contributed by atoms with Gasteiger partial charge in [0, 0.05) is 21.3 Å². The van der Waals surface area contributed by atoms with E-state index < -0.39 is 11.8 Å². The second-order valence-electron chi connectivity index (χ2n) is 7.41. The number of benzene rings is 3. The fourth-order valence-electron chi connectivity index (χ4n) is 2.94. The zero-order chi connectivity index (χ0) is 24.7. The molecule has 0 unspecified atom stereocenters. The van der Waals surface area contributed by atoms with Crippen LogP contribution in [0.15, 0.2) is 59.7 Å². The summed E-state index contributed by atoms with van der Waals surface area (Å²) in [6.07, 6.45) is 1.39. The molecule has 0 radical (unpaired) electrons. The topological polar surface area (TPSA) is 89.0 Å². The van der Waals surface area contributed by atoms with Gasteiger partial charge in [-0.2, -0.15) is 5.10 Å². The van der Waals surface area contributed by atoms with Crippen molar-refractivity contribution >= 4 is 46.9 Å². The molecule has 7 nitrogen and oxygen atoms in total. The summed E-state index contributed by atoms with van der Waals surface area (Å²) >= 11 is 12.1. The number of hydrogen-bond donors (Lipinski definition) is 2. The molecule has 0 heterocycles. The molecule has 2 amide bonds. The largest absolute Gasteiger partial charge is 0.493 e. The van der Waals surface area contributed by atoms with Gasteiger partial charge < -0.3 is 14.8 Å². The third-order valence-corrected chi connectivity index (χ3v) is 5.40. The summed E-state index contributed by atoms with van der Waals surface area (Å²) in [5, 5.41) is 7.49. The van der Waals surface area contributed by atoms with E-state index in [4.69, 9.17) is 32.7 Å². The van der Waals surface area contributed by atoms with E-state index in [9.17, 15) is 9.59 Å². The number of carbonyl (C=O) groups excluding carboxylic acids is 2. The summed E-state index contributed by atoms with van der Waals surface area (Å²) < 4.78 is 11.2. The minimum atomic E-state index is -0.885. The third kappa shape index (κ3) is 6.73. The molecule has 0 aliphatic rings. The fourth-order valence-corrected chi connectivity index (χ4v) is 3.41. The van der Waals surface area contributed by atoms with E-state index in [2.05, 4.69) is 15.8 Å². The molecular weight excluding hydrogens is 477 g/mol. The zero-order valence-corrected chi connectivity index (χ0v) is 20.3. The summed E-state index contributed by atoms with van der Waals surface area (Å²) in [4.78, 5) is 24.2. The average molecular weight is 500 g/mol. The lowest BCUT2D eigenvalue weighted by atomic mass is 10.1. The van der Waals surface area contributed by atoms with Crippen LogP contribution in [0.2, 0.25) is 10.0 Å². The van der Waals surface area contributed by atoms with Gasteiger partial charge in [-0.3, -0.25) is 9.59 Å². The third-order valence-electron chi connectivity index (χ3n) is 4.81. The second-order valence-corrected chi connectivity index (χ2v) is 8.25. The van der Waals surface area contributed by atoms with Crippen LogP contribution in [0.1, 0.15) is 22.3 Å². The molecule has 0 fully saturated rings. The normalized spacial score (nSPS) is 10.7. The van der Waals surface area contributed by atoms with Gasteiger partial charge in [0.1, 0.15) is 6.61 Å². The number of hydrogen-bond acceptors (Lipinski definition) is 5. The van der Waals surface area contributed by atoms with Crippen molar-refractivity contribution in [3.63, 3.8) is 0 Å². The van der Waals surface area contributed by atoms with Crippen molar-refractivity contribution in [2.45, 2.75) is 20.5 Å². The van der Waals surface area contributed by atoms with E-state index >= 15 is 0 Å². The van der Waals surface area contributed by atoms with Gasteiger partial charge in [-0.05, 0) is 66.9 Å². The number of halogens is 2. The first-order valence-electron chi connectivity index (χ1n) is 10.2. The molecule has 0 atom stereocenters. The molecule has 2 N–H and O–H groups in total. The maximum Gasteiger partial charge on any atom is 0.329 e. The van der Waals surface area contributed by atoms with Crippen molar-refractivity contribution in [1.82, 2.24) is 5.43 Å². The van der Waals surface area contributed by atoms with Gasteiger partial charge in [-0.15, -0.1) is 0 Å². The van der Waals surface area contributed by atoms with E-state index in [-0.39, 0.29) is 6.61 Å². The first-order chi connectivity index (χ1) is 16.3. The van der Waals surface area contributed by atoms with Gasteiger partial charge in [-0.25, -0.2) is 5.43 Å². The number of nitrogens with one attached hydrogen (secondary N) is 2. The number of rotatable bonds is 7. The van der Waals surface area contributed by atoms with Gasteiger partial charge in [-0.1, -0.05) is 41.4 Å². The Bertz CT molecular complexity index is 1240. The van der Waals surface area contributed by atoms with Crippen LogP contribution in [0.25, 0.3) is 0 Å². The molecule has 0 saturated heterocycles. The predicted octanol–water partition coefficient (Wildman–Crippen LogP) is 5.29. The quantitative estimate of drug-likeness (QED) is 0.262. The molecule has 3 rings (SSSR count). The van der Waals surface area contributed by atoms with E-state index in [1.54, 1.807) is 42.5 Å². The van der Waals surface area contributed by atoms with Crippen molar-refractivity contribution in [2.24, 2.45) is 5.10 Å². The monoisotopic (exact) mass is 499 g/mol. The maximum atomic E-state index is 12.1. The molecule has 0 saturated carbocycles. The van der Waals surface area contributed by atoms with Gasteiger partial charge in [0.05, 0.1) is 13.3 Å². The molecule has 3 aromatic rings. The Morgan fingerprint density at radius 3 is 2.50 bits per heavy atom. The van der Waals surface area contributed by atoms with Crippen molar-refractivity contribution in [2.75, 3.05) is 12.4 Å². The standard InChI is InChI=1S/C25H23Cl2N3O4/c1-15-4-5-16(2)21(10-15)29-24(31)25(32)30-28-13-17-6-9-22(23(11-17)33-3)34-14-18-7-8-19(26)12-20(18)27/h4-13H,14H2,1-3H3,(H,29,31)(H,30,32)/b28-13+. The van der Waals surface area contributed by atoms with Crippen LogP contribution in [0, 0.1) is 13.8 Å². The first kappa shape index (κ1) is 25.1. The van der Waals surface area contributed by atoms with E-state index in [1.807, 2.05) is 26.0 Å². The summed E-state index contributed by atoms with van der Waals surface area (Å²) in [6.45, 7) is 3.97. The summed E-state index contributed by atoms with van der Waals surface area (Å²) in [5.74, 6) is -0.729. The number of nitrogens with zero attached hydrogens (tertiary/aromatic N) is 1. The lowest BCUT2D eigenvalue weighted by Gasteiger charge is -2.12. The molecule has 3 aromatic carbocycles. The van der Waals surface area contributed by atoms with E-state index in [1.165, 1.54) is 13.3 Å². The highest BCUT2D eigenvalue weighted by atomic mass is 35.5. The molecule has 0 aliphatic carbocycles. The minimum absolute atomic E-state index is 0.228. The van der Waals surface area contributed by atoms with Crippen LogP contribution >= 0.6 is 23.2 Å². The molecule has 9 heteroatoms. The number of methoxy groups -OCH3 is 1. The maximum absolute atomic E-state index is 12.1. The molecule has 34 heavy (non-hydrogen) atoms. The number of ether oxygens (including phenoxy) is 2. The van der Waals surface area contributed by atoms with E-state index in [0.29, 0.717) is 32.8 Å². The smallest absolute Gasteiger partial charge is 0.329 e. The van der Waals surface area contributed by atoms with Crippen LogP contribution in [0.3, 0.4) is 0 Å². The predicted molar refractivity (Wildman–Crippen MR) is 134 cm³/mol. The van der Waals surface area contributed by atoms with Crippen LogP contribution in [0.4, 0.5) is 5.69 Å². The van der Waals surface area contributed by atoms with Gasteiger partial charge in [0.2, 0.25) is 0 Å². The van der Waals surface area contributed by atoms with Crippen molar-refractivity contribution in [3.8, 4) is 11.5 Å². The van der Waals surface area contributed by atoms with Crippen LogP contribution in [0.5, 0.6) is 11.5 Å².